The van der Waals surface area contributed by atoms with Crippen molar-refractivity contribution in [2.24, 2.45) is 0 Å². The van der Waals surface area contributed by atoms with Crippen molar-refractivity contribution in [2.45, 2.75) is 18.6 Å². The highest BCUT2D eigenvalue weighted by atomic mass is 35.5. The maximum absolute atomic E-state index is 13.5. The summed E-state index contributed by atoms with van der Waals surface area (Å²) in [7, 11) is 0. The average molecular weight is 558 g/mol. The number of nitrogens with zero attached hydrogens (tertiary/aromatic N) is 5. The molecule has 0 spiro atoms. The van der Waals surface area contributed by atoms with Crippen molar-refractivity contribution in [1.82, 2.24) is 24.1 Å². The van der Waals surface area contributed by atoms with Crippen molar-refractivity contribution in [1.29, 1.82) is 0 Å². The van der Waals surface area contributed by atoms with Crippen LogP contribution in [0.5, 0.6) is 5.75 Å². The van der Waals surface area contributed by atoms with E-state index in [0.717, 1.165) is 33.7 Å². The largest absolute Gasteiger partial charge is 0.482 e. The predicted octanol–water partition coefficient (Wildman–Crippen LogP) is 5.81. The first-order valence-corrected chi connectivity index (χ1v) is 12.9. The quantitative estimate of drug-likeness (QED) is 0.274. The van der Waals surface area contributed by atoms with Crippen LogP contribution in [0.15, 0.2) is 72.5 Å². The second-order valence-corrected chi connectivity index (χ2v) is 9.95. The monoisotopic (exact) mass is 557 g/mol. The maximum Gasteiger partial charge on any atom is 0.417 e. The van der Waals surface area contributed by atoms with Gasteiger partial charge in [0.25, 0.3) is 5.91 Å². The lowest BCUT2D eigenvalue weighted by Gasteiger charge is -2.35. The zero-order valence-corrected chi connectivity index (χ0v) is 21.2. The molecule has 0 N–H and O–H groups in total. The summed E-state index contributed by atoms with van der Waals surface area (Å²) >= 11 is 7.46. The van der Waals surface area contributed by atoms with Crippen LogP contribution >= 0.6 is 22.9 Å². The summed E-state index contributed by atoms with van der Waals surface area (Å²) in [6.45, 7) is -0.122. The summed E-state index contributed by atoms with van der Waals surface area (Å²) in [5.74, 6) is -0.600. The Morgan fingerprint density at radius 2 is 1.97 bits per heavy atom. The van der Waals surface area contributed by atoms with Gasteiger partial charge in [0.05, 0.1) is 33.9 Å². The molecule has 0 saturated carbocycles. The Bertz CT molecular complexity index is 1630. The zero-order valence-electron chi connectivity index (χ0n) is 19.6. The highest BCUT2D eigenvalue weighted by molar-refractivity contribution is 7.15. The van der Waals surface area contributed by atoms with Crippen LogP contribution in [0.3, 0.4) is 0 Å². The first-order valence-electron chi connectivity index (χ1n) is 11.6. The van der Waals surface area contributed by atoms with Gasteiger partial charge >= 0.3 is 6.18 Å². The van der Waals surface area contributed by atoms with Gasteiger partial charge in [-0.1, -0.05) is 35.9 Å². The molecule has 1 amide bonds. The number of para-hydroxylation sites is 1. The number of thiazole rings is 1. The Hall–Kier alpha value is -3.83. The van der Waals surface area contributed by atoms with E-state index in [1.165, 1.54) is 23.5 Å². The lowest BCUT2D eigenvalue weighted by Crippen LogP contribution is -2.43. The Kier molecular flexibility index (Phi) is 6.11. The molecule has 1 atom stereocenters. The summed E-state index contributed by atoms with van der Waals surface area (Å²) in [6, 6.07) is 12.4. The normalized spacial score (nSPS) is 15.6. The average Bonchev–Trinajstić information content (AvgIpc) is 3.64. The van der Waals surface area contributed by atoms with Gasteiger partial charge in [0, 0.05) is 36.3 Å². The Labute approximate surface area is 223 Å². The molecular weight excluding hydrogens is 539 g/mol. The molecule has 7 nitrogen and oxygen atoms in total. The molecule has 5 aromatic rings. The lowest BCUT2D eigenvalue weighted by atomic mass is 9.97. The smallest absolute Gasteiger partial charge is 0.417 e. The zero-order chi connectivity index (χ0) is 26.4. The third-order valence-electron chi connectivity index (χ3n) is 6.41. The van der Waals surface area contributed by atoms with Crippen molar-refractivity contribution < 1.29 is 22.7 Å². The molecule has 0 bridgehead atoms. The molecule has 4 heterocycles. The van der Waals surface area contributed by atoms with Crippen LogP contribution in [0.2, 0.25) is 5.02 Å². The van der Waals surface area contributed by atoms with E-state index in [1.54, 1.807) is 15.8 Å². The topological polar surface area (TPSA) is 64.7 Å². The maximum atomic E-state index is 13.5. The predicted molar refractivity (Wildman–Crippen MR) is 136 cm³/mol. The van der Waals surface area contributed by atoms with Gasteiger partial charge in [0.2, 0.25) is 0 Å². The molecule has 0 aliphatic carbocycles. The summed E-state index contributed by atoms with van der Waals surface area (Å²) < 4.78 is 49.0. The molecule has 0 saturated heterocycles. The minimum absolute atomic E-state index is 0.203. The first-order chi connectivity index (χ1) is 18.3. The van der Waals surface area contributed by atoms with E-state index >= 15 is 0 Å². The molecule has 2 aromatic carbocycles. The highest BCUT2D eigenvalue weighted by Gasteiger charge is 2.37. The number of alkyl halides is 3. The summed E-state index contributed by atoms with van der Waals surface area (Å²) in [5.41, 5.74) is 2.36. The van der Waals surface area contributed by atoms with Crippen LogP contribution < -0.4 is 4.74 Å². The van der Waals surface area contributed by atoms with Crippen molar-refractivity contribution in [3.63, 3.8) is 0 Å². The minimum atomic E-state index is -4.64. The Morgan fingerprint density at radius 3 is 2.76 bits per heavy atom. The molecule has 0 radical (unpaired) electrons. The standard InChI is InChI=1S/C26H19ClF3N5O2S/c27-22-18(26(28,29)30)7-4-8-20(22)37-15-21(36)33-10-9-19-24(34-11-12-38-25(34)32-19)23(33)16-13-31-35(14-16)17-5-2-1-3-6-17/h1-8,11-14,23H,9-10,15H2. The number of benzene rings is 2. The number of hydrogen-bond acceptors (Lipinski definition) is 5. The Morgan fingerprint density at radius 1 is 1.16 bits per heavy atom. The molecule has 194 valence electrons. The van der Waals surface area contributed by atoms with Crippen LogP contribution in [-0.2, 0) is 17.4 Å². The van der Waals surface area contributed by atoms with Crippen molar-refractivity contribution in [3.05, 3.63) is 100 Å². The van der Waals surface area contributed by atoms with E-state index in [1.807, 2.05) is 52.5 Å². The van der Waals surface area contributed by atoms with Gasteiger partial charge in [0.15, 0.2) is 11.6 Å². The number of carbonyl (C=O) groups excluding carboxylic acids is 1. The number of halogens is 4. The van der Waals surface area contributed by atoms with Gasteiger partial charge < -0.3 is 9.64 Å². The summed E-state index contributed by atoms with van der Waals surface area (Å²) in [5, 5.41) is 5.86. The van der Waals surface area contributed by atoms with Crippen molar-refractivity contribution in [2.75, 3.05) is 13.2 Å². The number of hydrogen-bond donors (Lipinski definition) is 0. The molecular formula is C26H19ClF3N5O2S. The van der Waals surface area contributed by atoms with Crippen LogP contribution in [0.4, 0.5) is 13.2 Å². The molecule has 6 rings (SSSR count). The number of fused-ring (bicyclic) bond motifs is 3. The lowest BCUT2D eigenvalue weighted by molar-refractivity contribution is -0.137. The number of rotatable bonds is 5. The van der Waals surface area contributed by atoms with Gasteiger partial charge in [-0.2, -0.15) is 18.3 Å². The fourth-order valence-electron chi connectivity index (χ4n) is 4.69. The van der Waals surface area contributed by atoms with E-state index in [0.29, 0.717) is 13.0 Å². The number of carbonyl (C=O) groups is 1. The molecule has 0 fully saturated rings. The second-order valence-electron chi connectivity index (χ2n) is 8.70. The van der Waals surface area contributed by atoms with Crippen molar-refractivity contribution in [3.8, 4) is 11.4 Å². The van der Waals surface area contributed by atoms with Crippen LogP contribution in [0.1, 0.15) is 28.6 Å². The minimum Gasteiger partial charge on any atom is -0.482 e. The number of aromatic nitrogens is 4. The number of ether oxygens (including phenoxy) is 1. The Balaban J connectivity index is 1.33. The SMILES string of the molecule is O=C(COc1cccc(C(F)(F)F)c1Cl)N1CCc2nc3sccn3c2C1c1cnn(-c2ccccc2)c1. The third-order valence-corrected chi connectivity index (χ3v) is 7.56. The van der Waals surface area contributed by atoms with Gasteiger partial charge in [-0.15, -0.1) is 11.3 Å². The molecule has 1 aliphatic heterocycles. The molecule has 38 heavy (non-hydrogen) atoms. The molecule has 3 aromatic heterocycles. The molecule has 12 heteroatoms. The third kappa shape index (κ3) is 4.31. The summed E-state index contributed by atoms with van der Waals surface area (Å²) in [4.78, 5) is 20.7. The van der Waals surface area contributed by atoms with Gasteiger partial charge in [-0.3, -0.25) is 9.20 Å². The highest BCUT2D eigenvalue weighted by Crippen LogP contribution is 2.40. The van der Waals surface area contributed by atoms with E-state index in [9.17, 15) is 18.0 Å². The number of imidazole rings is 1. The van der Waals surface area contributed by atoms with Gasteiger partial charge in [-0.25, -0.2) is 9.67 Å². The van der Waals surface area contributed by atoms with Crippen LogP contribution in [0, 0.1) is 0 Å². The van der Waals surface area contributed by atoms with E-state index in [2.05, 4.69) is 5.10 Å². The van der Waals surface area contributed by atoms with E-state index in [-0.39, 0.29) is 5.75 Å². The molecule has 1 unspecified atom stereocenters. The fourth-order valence-corrected chi connectivity index (χ4v) is 5.72. The molecule has 1 aliphatic rings. The van der Waals surface area contributed by atoms with Gasteiger partial charge in [0.1, 0.15) is 11.8 Å². The first kappa shape index (κ1) is 24.5. The van der Waals surface area contributed by atoms with Crippen molar-refractivity contribution >= 4 is 33.8 Å². The number of amides is 1. The van der Waals surface area contributed by atoms with Crippen LogP contribution in [0.25, 0.3) is 10.6 Å². The second kappa shape index (κ2) is 9.48. The summed E-state index contributed by atoms with van der Waals surface area (Å²) in [6.07, 6.45) is 1.38. The van der Waals surface area contributed by atoms with E-state index in [4.69, 9.17) is 21.3 Å². The van der Waals surface area contributed by atoms with Gasteiger partial charge in [-0.05, 0) is 24.3 Å². The van der Waals surface area contributed by atoms with E-state index < -0.39 is 35.3 Å². The fraction of sp³-hybridized carbons (Fsp3) is 0.192. The van der Waals surface area contributed by atoms with Crippen LogP contribution in [-0.4, -0.2) is 43.1 Å².